The minimum Gasteiger partial charge on any atom is -0.493 e. The zero-order valence-electron chi connectivity index (χ0n) is 15.8. The highest BCUT2D eigenvalue weighted by Gasteiger charge is 2.08. The first-order chi connectivity index (χ1) is 12.1. The first-order valence-electron chi connectivity index (χ1n) is 8.66. The Balaban J connectivity index is 2.02. The molecule has 6 nitrogen and oxygen atoms in total. The Kier molecular flexibility index (Phi) is 6.86. The maximum atomic E-state index is 5.35. The van der Waals surface area contributed by atoms with Crippen molar-refractivity contribution in [3.8, 4) is 11.5 Å². The van der Waals surface area contributed by atoms with Gasteiger partial charge in [0, 0.05) is 25.7 Å². The van der Waals surface area contributed by atoms with Crippen molar-refractivity contribution in [2.45, 2.75) is 27.2 Å². The Morgan fingerprint density at radius 1 is 1.00 bits per heavy atom. The lowest BCUT2D eigenvalue weighted by Gasteiger charge is -2.20. The van der Waals surface area contributed by atoms with Gasteiger partial charge < -0.3 is 19.7 Å². The molecule has 0 aliphatic rings. The number of aryl methyl sites for hydroxylation is 1. The summed E-state index contributed by atoms with van der Waals surface area (Å²) in [5.41, 5.74) is 1.18. The van der Waals surface area contributed by atoms with Gasteiger partial charge >= 0.3 is 0 Å². The lowest BCUT2D eigenvalue weighted by molar-refractivity contribution is 0.354. The summed E-state index contributed by atoms with van der Waals surface area (Å²) >= 11 is 0. The molecule has 2 rings (SSSR count). The summed E-state index contributed by atoms with van der Waals surface area (Å²) in [7, 11) is 3.29. The summed E-state index contributed by atoms with van der Waals surface area (Å²) in [4.78, 5) is 11.2. The van der Waals surface area contributed by atoms with Crippen molar-refractivity contribution in [1.29, 1.82) is 0 Å². The second kappa shape index (κ2) is 9.11. The fraction of sp³-hybridized carbons (Fsp3) is 0.474. The highest BCUT2D eigenvalue weighted by atomic mass is 16.5. The van der Waals surface area contributed by atoms with Crippen LogP contribution in [-0.2, 0) is 6.42 Å². The molecule has 0 fully saturated rings. The molecule has 0 aliphatic carbocycles. The van der Waals surface area contributed by atoms with Crippen molar-refractivity contribution in [3.05, 3.63) is 35.7 Å². The topological polar surface area (TPSA) is 59.5 Å². The van der Waals surface area contributed by atoms with Crippen LogP contribution in [0.25, 0.3) is 0 Å². The van der Waals surface area contributed by atoms with Gasteiger partial charge in [-0.05, 0) is 44.9 Å². The van der Waals surface area contributed by atoms with Crippen molar-refractivity contribution >= 4 is 11.6 Å². The van der Waals surface area contributed by atoms with Crippen LogP contribution in [0.2, 0.25) is 0 Å². The third kappa shape index (κ3) is 4.98. The van der Waals surface area contributed by atoms with Crippen molar-refractivity contribution in [2.75, 3.05) is 44.1 Å². The van der Waals surface area contributed by atoms with Crippen molar-refractivity contribution in [3.63, 3.8) is 0 Å². The Bertz CT molecular complexity index is 687. The van der Waals surface area contributed by atoms with Crippen LogP contribution in [0, 0.1) is 6.92 Å². The summed E-state index contributed by atoms with van der Waals surface area (Å²) in [6.45, 7) is 8.82. The average molecular weight is 344 g/mol. The van der Waals surface area contributed by atoms with Gasteiger partial charge in [0.2, 0.25) is 0 Å². The lowest BCUT2D eigenvalue weighted by Crippen LogP contribution is -2.23. The van der Waals surface area contributed by atoms with Crippen LogP contribution in [0.4, 0.5) is 11.6 Å². The third-order valence-corrected chi connectivity index (χ3v) is 4.08. The van der Waals surface area contributed by atoms with Gasteiger partial charge in [-0.1, -0.05) is 6.07 Å². The highest BCUT2D eigenvalue weighted by molar-refractivity contribution is 5.49. The van der Waals surface area contributed by atoms with Crippen LogP contribution in [0.15, 0.2) is 24.3 Å². The smallest absolute Gasteiger partial charge is 0.160 e. The number of hydrogen-bond donors (Lipinski definition) is 1. The van der Waals surface area contributed by atoms with Gasteiger partial charge in [0.25, 0.3) is 0 Å². The number of ether oxygens (including phenoxy) is 2. The average Bonchev–Trinajstić information content (AvgIpc) is 2.62. The number of hydrogen-bond acceptors (Lipinski definition) is 6. The molecule has 0 saturated carbocycles. The standard InChI is InChI=1S/C19H28N4O2/c1-6-23(7-2)19-13-18(21-14(3)22-19)20-11-10-15-8-9-16(24-4)17(12-15)25-5/h8-9,12-13H,6-7,10-11H2,1-5H3,(H,20,21,22). The van der Waals surface area contributed by atoms with Gasteiger partial charge in [-0.2, -0.15) is 0 Å². The van der Waals surface area contributed by atoms with Gasteiger partial charge in [0.15, 0.2) is 11.5 Å². The second-order valence-electron chi connectivity index (χ2n) is 5.70. The fourth-order valence-corrected chi connectivity index (χ4v) is 2.72. The van der Waals surface area contributed by atoms with Crippen LogP contribution in [-0.4, -0.2) is 43.8 Å². The minimum absolute atomic E-state index is 0.745. The lowest BCUT2D eigenvalue weighted by atomic mass is 10.1. The van der Waals surface area contributed by atoms with E-state index < -0.39 is 0 Å². The summed E-state index contributed by atoms with van der Waals surface area (Å²) in [5.74, 6) is 4.09. The number of nitrogens with zero attached hydrogens (tertiary/aromatic N) is 3. The van der Waals surface area contributed by atoms with Gasteiger partial charge in [-0.25, -0.2) is 9.97 Å². The van der Waals surface area contributed by atoms with Gasteiger partial charge in [0.05, 0.1) is 14.2 Å². The number of aromatic nitrogens is 2. The third-order valence-electron chi connectivity index (χ3n) is 4.08. The molecule has 0 spiro atoms. The van der Waals surface area contributed by atoms with Crippen LogP contribution < -0.4 is 19.7 Å². The molecule has 136 valence electrons. The SMILES string of the molecule is CCN(CC)c1cc(NCCc2ccc(OC)c(OC)c2)nc(C)n1. The molecular weight excluding hydrogens is 316 g/mol. The molecule has 1 aromatic heterocycles. The Morgan fingerprint density at radius 2 is 1.72 bits per heavy atom. The van der Waals surface area contributed by atoms with Crippen LogP contribution in [0.3, 0.4) is 0 Å². The fourth-order valence-electron chi connectivity index (χ4n) is 2.72. The predicted molar refractivity (Wildman–Crippen MR) is 102 cm³/mol. The maximum Gasteiger partial charge on any atom is 0.160 e. The summed E-state index contributed by atoms with van der Waals surface area (Å²) < 4.78 is 10.6. The molecule has 0 atom stereocenters. The van der Waals surface area contributed by atoms with Crippen LogP contribution in [0.5, 0.6) is 11.5 Å². The zero-order valence-corrected chi connectivity index (χ0v) is 15.8. The van der Waals surface area contributed by atoms with E-state index in [0.29, 0.717) is 0 Å². The molecule has 6 heteroatoms. The predicted octanol–water partition coefficient (Wildman–Crippen LogP) is 3.30. The first-order valence-corrected chi connectivity index (χ1v) is 8.66. The number of rotatable bonds is 9. The van der Waals surface area contributed by atoms with Gasteiger partial charge in [0.1, 0.15) is 17.5 Å². The molecule has 0 aliphatic heterocycles. The number of nitrogens with one attached hydrogen (secondary N) is 1. The van der Waals surface area contributed by atoms with E-state index >= 15 is 0 Å². The molecule has 0 radical (unpaired) electrons. The minimum atomic E-state index is 0.745. The zero-order chi connectivity index (χ0) is 18.2. The Morgan fingerprint density at radius 3 is 2.36 bits per heavy atom. The molecule has 0 unspecified atom stereocenters. The van der Waals surface area contributed by atoms with Crippen molar-refractivity contribution < 1.29 is 9.47 Å². The molecule has 0 saturated heterocycles. The van der Waals surface area contributed by atoms with E-state index in [2.05, 4.69) is 40.1 Å². The van der Waals surface area contributed by atoms with E-state index in [1.165, 1.54) is 5.56 Å². The van der Waals surface area contributed by atoms with Gasteiger partial charge in [-0.15, -0.1) is 0 Å². The molecule has 1 heterocycles. The highest BCUT2D eigenvalue weighted by Crippen LogP contribution is 2.27. The van der Waals surface area contributed by atoms with Crippen molar-refractivity contribution in [1.82, 2.24) is 9.97 Å². The van der Waals surface area contributed by atoms with E-state index in [4.69, 9.17) is 9.47 Å². The van der Waals surface area contributed by atoms with Crippen molar-refractivity contribution in [2.24, 2.45) is 0 Å². The second-order valence-corrected chi connectivity index (χ2v) is 5.70. The van der Waals surface area contributed by atoms with Crippen LogP contribution in [0.1, 0.15) is 25.2 Å². The quantitative estimate of drug-likeness (QED) is 0.753. The Hall–Kier alpha value is -2.50. The summed E-state index contributed by atoms with van der Waals surface area (Å²) in [6, 6.07) is 8.00. The van der Waals surface area contributed by atoms with E-state index in [-0.39, 0.29) is 0 Å². The summed E-state index contributed by atoms with van der Waals surface area (Å²) in [5, 5.41) is 3.39. The monoisotopic (exact) mass is 344 g/mol. The van der Waals surface area contributed by atoms with Gasteiger partial charge in [-0.3, -0.25) is 0 Å². The maximum absolute atomic E-state index is 5.35. The molecule has 0 bridgehead atoms. The van der Waals surface area contributed by atoms with E-state index in [1.54, 1.807) is 14.2 Å². The molecule has 2 aromatic rings. The normalized spacial score (nSPS) is 10.4. The molecule has 0 amide bonds. The van der Waals surface area contributed by atoms with E-state index in [1.807, 2.05) is 25.1 Å². The molecular formula is C19H28N4O2. The number of benzene rings is 1. The number of anilines is 2. The molecule has 1 aromatic carbocycles. The van der Waals surface area contributed by atoms with Crippen LogP contribution >= 0.6 is 0 Å². The molecule has 25 heavy (non-hydrogen) atoms. The first kappa shape index (κ1) is 18.8. The van der Waals surface area contributed by atoms with E-state index in [0.717, 1.165) is 55.0 Å². The van der Waals surface area contributed by atoms with E-state index in [9.17, 15) is 0 Å². The largest absolute Gasteiger partial charge is 0.493 e. The molecule has 1 N–H and O–H groups in total. The summed E-state index contributed by atoms with van der Waals surface area (Å²) in [6.07, 6.45) is 0.865. The number of methoxy groups -OCH3 is 2. The Labute approximate surface area is 150 Å².